The average Bonchev–Trinajstić information content (AvgIpc) is 3.75. The Bertz CT molecular complexity index is 2850. The second-order valence-corrected chi connectivity index (χ2v) is 12.4. The number of rotatable bonds is 5. The van der Waals surface area contributed by atoms with Gasteiger partial charge in [-0.05, 0) is 47.5 Å². The Kier molecular flexibility index (Phi) is 6.42. The number of nitrogens with zero attached hydrogens (tertiary/aromatic N) is 4. The molecule has 3 aromatic heterocycles. The van der Waals surface area contributed by atoms with Gasteiger partial charge in [-0.25, -0.2) is 15.0 Å². The fourth-order valence-electron chi connectivity index (χ4n) is 7.22. The van der Waals surface area contributed by atoms with Crippen LogP contribution in [0.2, 0.25) is 0 Å². The van der Waals surface area contributed by atoms with E-state index in [1.165, 1.54) is 0 Å². The van der Waals surface area contributed by atoms with E-state index in [2.05, 4.69) is 114 Å². The van der Waals surface area contributed by atoms with Gasteiger partial charge in [-0.3, -0.25) is 0 Å². The number of aromatic nitrogens is 4. The van der Waals surface area contributed by atoms with Gasteiger partial charge >= 0.3 is 0 Å². The molecule has 50 heavy (non-hydrogen) atoms. The molecular formula is C45H28N4O. The zero-order valence-electron chi connectivity index (χ0n) is 26.9. The first-order valence-electron chi connectivity index (χ1n) is 16.7. The Morgan fingerprint density at radius 1 is 0.360 bits per heavy atom. The molecule has 0 atom stereocenters. The van der Waals surface area contributed by atoms with Gasteiger partial charge in [0.1, 0.15) is 11.2 Å². The van der Waals surface area contributed by atoms with Gasteiger partial charge in [-0.2, -0.15) is 0 Å². The summed E-state index contributed by atoms with van der Waals surface area (Å²) < 4.78 is 8.49. The third-order valence-electron chi connectivity index (χ3n) is 9.48. The van der Waals surface area contributed by atoms with E-state index >= 15 is 0 Å². The topological polar surface area (TPSA) is 56.7 Å². The lowest BCUT2D eigenvalue weighted by molar-refractivity contribution is 0.669. The van der Waals surface area contributed by atoms with Gasteiger partial charge in [0.2, 0.25) is 0 Å². The van der Waals surface area contributed by atoms with E-state index in [4.69, 9.17) is 19.4 Å². The maximum atomic E-state index is 6.17. The summed E-state index contributed by atoms with van der Waals surface area (Å²) in [6, 6.07) is 58.5. The van der Waals surface area contributed by atoms with Crippen molar-refractivity contribution in [3.63, 3.8) is 0 Å². The zero-order valence-corrected chi connectivity index (χ0v) is 26.9. The third-order valence-corrected chi connectivity index (χ3v) is 9.48. The minimum atomic E-state index is 0.621. The summed E-state index contributed by atoms with van der Waals surface area (Å²) in [5, 5.41) is 4.49. The molecule has 0 radical (unpaired) electrons. The molecule has 5 nitrogen and oxygen atoms in total. The molecule has 234 valence electrons. The van der Waals surface area contributed by atoms with Gasteiger partial charge in [0, 0.05) is 43.9 Å². The molecule has 0 N–H and O–H groups in total. The van der Waals surface area contributed by atoms with Crippen LogP contribution in [-0.4, -0.2) is 19.5 Å². The molecule has 0 aliphatic carbocycles. The van der Waals surface area contributed by atoms with Gasteiger partial charge in [0.15, 0.2) is 17.5 Å². The second kappa shape index (κ2) is 11.4. The van der Waals surface area contributed by atoms with Crippen LogP contribution in [-0.2, 0) is 0 Å². The third kappa shape index (κ3) is 4.52. The Labute approximate surface area is 287 Å². The number of hydrogen-bond acceptors (Lipinski definition) is 4. The highest BCUT2D eigenvalue weighted by atomic mass is 16.3. The largest absolute Gasteiger partial charge is 0.456 e. The number of furan rings is 1. The van der Waals surface area contributed by atoms with E-state index in [-0.39, 0.29) is 0 Å². The van der Waals surface area contributed by atoms with Gasteiger partial charge < -0.3 is 8.98 Å². The first-order valence-corrected chi connectivity index (χ1v) is 16.7. The highest BCUT2D eigenvalue weighted by Gasteiger charge is 2.20. The second-order valence-electron chi connectivity index (χ2n) is 12.4. The Hall–Kier alpha value is -6.85. The van der Waals surface area contributed by atoms with E-state index < -0.39 is 0 Å². The molecule has 7 aromatic carbocycles. The average molecular weight is 641 g/mol. The van der Waals surface area contributed by atoms with Crippen molar-refractivity contribution in [1.82, 2.24) is 19.5 Å². The molecule has 0 aliphatic heterocycles. The predicted molar refractivity (Wildman–Crippen MR) is 203 cm³/mol. The standard InChI is InChI=1S/C45H28N4O/c1-3-13-30(14-4-1)43-46-44(31-27-25-29(26-28-31)33-19-12-24-40-42(33)35-18-8-10-23-39(35)50-40)48-45(47-43)36-20-11-22-38-41(36)34-17-7-9-21-37(34)49(38)32-15-5-2-6-16-32/h1-28H. The maximum Gasteiger partial charge on any atom is 0.164 e. The maximum absolute atomic E-state index is 6.17. The summed E-state index contributed by atoms with van der Waals surface area (Å²) >= 11 is 0. The summed E-state index contributed by atoms with van der Waals surface area (Å²) in [6.07, 6.45) is 0. The van der Waals surface area contributed by atoms with Crippen molar-refractivity contribution in [1.29, 1.82) is 0 Å². The van der Waals surface area contributed by atoms with E-state index in [0.29, 0.717) is 17.5 Å². The van der Waals surface area contributed by atoms with E-state index in [9.17, 15) is 0 Å². The Morgan fingerprint density at radius 2 is 0.920 bits per heavy atom. The number of hydrogen-bond donors (Lipinski definition) is 0. The molecule has 0 fully saturated rings. The molecule has 0 aliphatic rings. The van der Waals surface area contributed by atoms with Gasteiger partial charge in [0.05, 0.1) is 11.0 Å². The first kappa shape index (κ1) is 28.2. The van der Waals surface area contributed by atoms with Crippen molar-refractivity contribution < 1.29 is 4.42 Å². The molecule has 3 heterocycles. The molecule has 10 aromatic rings. The lowest BCUT2D eigenvalue weighted by Gasteiger charge is -2.11. The van der Waals surface area contributed by atoms with E-state index in [0.717, 1.165) is 77.2 Å². The quantitative estimate of drug-likeness (QED) is 0.188. The van der Waals surface area contributed by atoms with Crippen LogP contribution in [0.3, 0.4) is 0 Å². The van der Waals surface area contributed by atoms with Crippen molar-refractivity contribution >= 4 is 43.7 Å². The molecule has 0 amide bonds. The minimum absolute atomic E-state index is 0.621. The summed E-state index contributed by atoms with van der Waals surface area (Å²) in [5.74, 6) is 1.89. The number of benzene rings is 7. The Morgan fingerprint density at radius 3 is 1.72 bits per heavy atom. The molecular weight excluding hydrogens is 613 g/mol. The van der Waals surface area contributed by atoms with Gasteiger partial charge in [-0.15, -0.1) is 0 Å². The summed E-state index contributed by atoms with van der Waals surface area (Å²) in [7, 11) is 0. The molecule has 0 bridgehead atoms. The van der Waals surface area contributed by atoms with E-state index in [1.807, 2.05) is 60.7 Å². The first-order chi connectivity index (χ1) is 24.8. The van der Waals surface area contributed by atoms with Crippen LogP contribution >= 0.6 is 0 Å². The van der Waals surface area contributed by atoms with Crippen molar-refractivity contribution in [2.24, 2.45) is 0 Å². The molecule has 0 unspecified atom stereocenters. The van der Waals surface area contributed by atoms with Gasteiger partial charge in [-0.1, -0.05) is 133 Å². The molecule has 0 saturated carbocycles. The van der Waals surface area contributed by atoms with Crippen LogP contribution in [0.1, 0.15) is 0 Å². The highest BCUT2D eigenvalue weighted by molar-refractivity contribution is 6.15. The normalized spacial score (nSPS) is 11.6. The van der Waals surface area contributed by atoms with E-state index in [1.54, 1.807) is 0 Å². The van der Waals surface area contributed by atoms with Gasteiger partial charge in [0.25, 0.3) is 0 Å². The number of fused-ring (bicyclic) bond motifs is 6. The molecule has 0 spiro atoms. The minimum Gasteiger partial charge on any atom is -0.456 e. The fraction of sp³-hybridized carbons (Fsp3) is 0. The molecule has 10 rings (SSSR count). The van der Waals surface area contributed by atoms with Crippen LogP contribution in [0.25, 0.3) is 94.7 Å². The van der Waals surface area contributed by atoms with Crippen molar-refractivity contribution in [2.75, 3.05) is 0 Å². The van der Waals surface area contributed by atoms with Crippen LogP contribution in [0.5, 0.6) is 0 Å². The van der Waals surface area contributed by atoms with Crippen molar-refractivity contribution in [3.05, 3.63) is 170 Å². The van der Waals surface area contributed by atoms with Crippen molar-refractivity contribution in [3.8, 4) is 51.0 Å². The van der Waals surface area contributed by atoms with Crippen LogP contribution in [0, 0.1) is 0 Å². The zero-order chi connectivity index (χ0) is 33.0. The fourth-order valence-corrected chi connectivity index (χ4v) is 7.22. The smallest absolute Gasteiger partial charge is 0.164 e. The number of para-hydroxylation sites is 3. The highest BCUT2D eigenvalue weighted by Crippen LogP contribution is 2.39. The summed E-state index contributed by atoms with van der Waals surface area (Å²) in [4.78, 5) is 15.3. The lowest BCUT2D eigenvalue weighted by Crippen LogP contribution is -2.00. The lowest BCUT2D eigenvalue weighted by atomic mass is 9.98. The Balaban J connectivity index is 1.16. The summed E-state index contributed by atoms with van der Waals surface area (Å²) in [6.45, 7) is 0. The van der Waals surface area contributed by atoms with Crippen LogP contribution < -0.4 is 0 Å². The SMILES string of the molecule is c1ccc(-c2nc(-c3ccc(-c4cccc5oc6ccccc6c45)cc3)nc(-c3cccc4c3c3ccccc3n4-c3ccccc3)n2)cc1. The van der Waals surface area contributed by atoms with Crippen LogP contribution in [0.15, 0.2) is 174 Å². The van der Waals surface area contributed by atoms with Crippen molar-refractivity contribution in [2.45, 2.75) is 0 Å². The molecule has 5 heteroatoms. The monoisotopic (exact) mass is 640 g/mol. The van der Waals surface area contributed by atoms with Crippen LogP contribution in [0.4, 0.5) is 0 Å². The molecule has 0 saturated heterocycles. The predicted octanol–water partition coefficient (Wildman–Crippen LogP) is 11.5. The summed E-state index contributed by atoms with van der Waals surface area (Å²) in [5.41, 5.74) is 10.1.